The first kappa shape index (κ1) is 23.6. The number of thioether (sulfide) groups is 2. The first-order chi connectivity index (χ1) is 14.8. The normalized spacial score (nSPS) is 19.1. The van der Waals surface area contributed by atoms with Crippen LogP contribution in [0.2, 0.25) is 0 Å². The van der Waals surface area contributed by atoms with Crippen LogP contribution in [0.4, 0.5) is 5.69 Å². The average molecular weight is 475 g/mol. The fourth-order valence-electron chi connectivity index (χ4n) is 3.32. The van der Waals surface area contributed by atoms with Crippen LogP contribution in [0.1, 0.15) is 38.7 Å². The molecule has 0 aromatic heterocycles. The highest BCUT2D eigenvalue weighted by Gasteiger charge is 2.33. The summed E-state index contributed by atoms with van der Waals surface area (Å²) in [4.78, 5) is 28.6. The highest BCUT2D eigenvalue weighted by Crippen LogP contribution is 2.46. The first-order valence-corrected chi connectivity index (χ1v) is 12.3. The van der Waals surface area contributed by atoms with Gasteiger partial charge in [-0.05, 0) is 55.7 Å². The summed E-state index contributed by atoms with van der Waals surface area (Å²) in [5, 5.41) is 10.1. The lowest BCUT2D eigenvalue weighted by atomic mass is 10.2. The van der Waals surface area contributed by atoms with Gasteiger partial charge in [0.05, 0.1) is 15.6 Å². The van der Waals surface area contributed by atoms with Gasteiger partial charge in [-0.3, -0.25) is 14.5 Å². The van der Waals surface area contributed by atoms with E-state index in [0.717, 1.165) is 35.2 Å². The van der Waals surface area contributed by atoms with Crippen LogP contribution in [0.3, 0.4) is 0 Å². The monoisotopic (exact) mass is 474 g/mol. The van der Waals surface area contributed by atoms with E-state index >= 15 is 0 Å². The van der Waals surface area contributed by atoms with E-state index < -0.39 is 12.5 Å². The molecule has 0 spiro atoms. The summed E-state index contributed by atoms with van der Waals surface area (Å²) in [7, 11) is 0. The van der Waals surface area contributed by atoms with Crippen LogP contribution in [-0.2, 0) is 9.59 Å². The maximum atomic E-state index is 12.5. The number of thiocarbonyl (C=S) groups is 1. The Morgan fingerprint density at radius 1 is 1.23 bits per heavy atom. The van der Waals surface area contributed by atoms with Crippen molar-refractivity contribution in [2.24, 2.45) is 0 Å². The molecule has 0 atom stereocenters. The number of hydrogen-bond donors (Lipinski definition) is 1. The number of rotatable bonds is 8. The molecule has 31 heavy (non-hydrogen) atoms. The number of carbonyl (C=O) groups excluding carboxylic acids is 1. The minimum Gasteiger partial charge on any atom is -0.480 e. The Morgan fingerprint density at radius 3 is 2.71 bits per heavy atom. The number of benzene rings is 1. The van der Waals surface area contributed by atoms with E-state index in [9.17, 15) is 9.59 Å². The largest absolute Gasteiger partial charge is 0.480 e. The van der Waals surface area contributed by atoms with Crippen molar-refractivity contribution in [3.63, 3.8) is 0 Å². The minimum atomic E-state index is -1.08. The Hall–Kier alpha value is -2.03. The summed E-state index contributed by atoms with van der Waals surface area (Å²) in [6, 6.07) is 6.56. The van der Waals surface area contributed by atoms with Gasteiger partial charge in [-0.1, -0.05) is 67.6 Å². The molecule has 2 heterocycles. The van der Waals surface area contributed by atoms with Crippen molar-refractivity contribution in [3.8, 4) is 0 Å². The minimum absolute atomic E-state index is 0.282. The zero-order valence-corrected chi connectivity index (χ0v) is 20.3. The van der Waals surface area contributed by atoms with E-state index in [2.05, 4.69) is 43.0 Å². The smallest absolute Gasteiger partial charge is 0.323 e. The van der Waals surface area contributed by atoms with E-state index in [1.165, 1.54) is 34.0 Å². The quantitative estimate of drug-likeness (QED) is 0.294. The van der Waals surface area contributed by atoms with Crippen molar-refractivity contribution < 1.29 is 14.7 Å². The SMILES string of the molecule is CCCCCN1C(=CC=C(C)C=C2SC(=S)N(CC(=O)O)C2=O)Sc2cc(C)ccc21. The molecule has 8 heteroatoms. The lowest BCUT2D eigenvalue weighted by molar-refractivity contribution is -0.140. The molecule has 0 saturated carbocycles. The molecule has 164 valence electrons. The van der Waals surface area contributed by atoms with Gasteiger partial charge in [0, 0.05) is 11.4 Å². The van der Waals surface area contributed by atoms with Gasteiger partial charge in [0.25, 0.3) is 5.91 Å². The molecule has 1 aromatic carbocycles. The maximum absolute atomic E-state index is 12.5. The molecule has 1 saturated heterocycles. The lowest BCUT2D eigenvalue weighted by Crippen LogP contribution is -2.33. The lowest BCUT2D eigenvalue weighted by Gasteiger charge is -2.20. The molecule has 3 rings (SSSR count). The van der Waals surface area contributed by atoms with E-state index in [-0.39, 0.29) is 10.2 Å². The molecule has 2 aliphatic heterocycles. The average Bonchev–Trinajstić information content (AvgIpc) is 3.17. The van der Waals surface area contributed by atoms with Crippen molar-refractivity contribution in [1.82, 2.24) is 4.90 Å². The highest BCUT2D eigenvalue weighted by molar-refractivity contribution is 8.26. The number of fused-ring (bicyclic) bond motifs is 1. The van der Waals surface area contributed by atoms with Crippen molar-refractivity contribution in [3.05, 3.63) is 57.5 Å². The molecule has 0 radical (unpaired) electrons. The van der Waals surface area contributed by atoms with Crippen LogP contribution < -0.4 is 4.90 Å². The molecule has 0 bridgehead atoms. The number of carbonyl (C=O) groups is 2. The van der Waals surface area contributed by atoms with Crippen LogP contribution in [0.15, 0.2) is 56.8 Å². The standard InChI is InChI=1S/C23H26N2O3S3/c1-4-5-6-11-24-17-9-7-15(2)12-18(17)30-20(24)10-8-16(3)13-19-22(28)25(14-21(26)27)23(29)31-19/h7-10,12-13H,4-6,11,14H2,1-3H3,(H,26,27). The Bertz CT molecular complexity index is 998. The second-order valence-electron chi connectivity index (χ2n) is 7.51. The highest BCUT2D eigenvalue weighted by atomic mass is 32.2. The van der Waals surface area contributed by atoms with Crippen molar-refractivity contribution >= 4 is 57.6 Å². The molecule has 2 aliphatic rings. The Kier molecular flexibility index (Phi) is 8.02. The predicted octanol–water partition coefficient (Wildman–Crippen LogP) is 5.71. The van der Waals surface area contributed by atoms with Gasteiger partial charge in [0.1, 0.15) is 10.9 Å². The van der Waals surface area contributed by atoms with Crippen molar-refractivity contribution in [1.29, 1.82) is 0 Å². The van der Waals surface area contributed by atoms with E-state index in [1.807, 2.05) is 13.0 Å². The van der Waals surface area contributed by atoms with E-state index in [4.69, 9.17) is 17.3 Å². The third kappa shape index (κ3) is 5.81. The Balaban J connectivity index is 1.79. The number of anilines is 1. The number of unbranched alkanes of at least 4 members (excludes halogenated alkanes) is 2. The second-order valence-corrected chi connectivity index (χ2v) is 10.2. The fraction of sp³-hybridized carbons (Fsp3) is 0.348. The zero-order valence-electron chi connectivity index (χ0n) is 17.9. The van der Waals surface area contributed by atoms with Gasteiger partial charge < -0.3 is 10.0 Å². The van der Waals surface area contributed by atoms with E-state index in [0.29, 0.717) is 4.91 Å². The molecule has 5 nitrogen and oxygen atoms in total. The van der Waals surface area contributed by atoms with Gasteiger partial charge in [-0.25, -0.2) is 0 Å². The number of carboxylic acid groups (broad SMARTS) is 1. The zero-order chi connectivity index (χ0) is 22.5. The summed E-state index contributed by atoms with van der Waals surface area (Å²) >= 11 is 8.07. The Morgan fingerprint density at radius 2 is 2.00 bits per heavy atom. The van der Waals surface area contributed by atoms with Crippen molar-refractivity contribution in [2.45, 2.75) is 44.9 Å². The number of hydrogen-bond acceptors (Lipinski definition) is 6. The summed E-state index contributed by atoms with van der Waals surface area (Å²) in [5.74, 6) is -1.43. The number of carboxylic acids is 1. The predicted molar refractivity (Wildman–Crippen MR) is 133 cm³/mol. The third-order valence-electron chi connectivity index (χ3n) is 4.89. The fourth-order valence-corrected chi connectivity index (χ4v) is 5.81. The van der Waals surface area contributed by atoms with Gasteiger partial charge >= 0.3 is 5.97 Å². The molecule has 0 unspecified atom stereocenters. The van der Waals surface area contributed by atoms with Crippen LogP contribution in [0.5, 0.6) is 0 Å². The summed E-state index contributed by atoms with van der Waals surface area (Å²) in [6.07, 6.45) is 9.38. The first-order valence-electron chi connectivity index (χ1n) is 10.2. The molecule has 1 amide bonds. The molecule has 1 fully saturated rings. The topological polar surface area (TPSA) is 60.9 Å². The molecule has 1 N–H and O–H groups in total. The van der Waals surface area contributed by atoms with Crippen molar-refractivity contribution in [2.75, 3.05) is 18.0 Å². The third-order valence-corrected chi connectivity index (χ3v) is 7.38. The number of amides is 1. The summed E-state index contributed by atoms with van der Waals surface area (Å²) in [5.41, 5.74) is 3.40. The van der Waals surface area contributed by atoms with Crippen LogP contribution in [-0.4, -0.2) is 39.3 Å². The number of aryl methyl sites for hydroxylation is 1. The van der Waals surface area contributed by atoms with Crippen LogP contribution in [0.25, 0.3) is 0 Å². The number of allylic oxidation sites excluding steroid dienone is 4. The van der Waals surface area contributed by atoms with Gasteiger partial charge in [0.15, 0.2) is 0 Å². The maximum Gasteiger partial charge on any atom is 0.323 e. The van der Waals surface area contributed by atoms with Gasteiger partial charge in [0.2, 0.25) is 0 Å². The van der Waals surface area contributed by atoms with Gasteiger partial charge in [-0.2, -0.15) is 0 Å². The molecule has 1 aromatic rings. The second kappa shape index (κ2) is 10.5. The summed E-state index contributed by atoms with van der Waals surface area (Å²) < 4.78 is 0.282. The Labute approximate surface area is 197 Å². The molecular weight excluding hydrogens is 448 g/mol. The van der Waals surface area contributed by atoms with Crippen LogP contribution in [0, 0.1) is 6.92 Å². The van der Waals surface area contributed by atoms with E-state index in [1.54, 1.807) is 17.8 Å². The molecule has 0 aliphatic carbocycles. The number of aliphatic carboxylic acids is 1. The van der Waals surface area contributed by atoms with Gasteiger partial charge in [-0.15, -0.1) is 0 Å². The number of nitrogens with zero attached hydrogens (tertiary/aromatic N) is 2. The molecular formula is C23H26N2O3S3. The summed E-state index contributed by atoms with van der Waals surface area (Å²) in [6.45, 7) is 6.81. The van der Waals surface area contributed by atoms with Crippen LogP contribution >= 0.6 is 35.7 Å².